The topological polar surface area (TPSA) is 174 Å². The molecule has 2 aliphatic carbocycles. The van der Waals surface area contributed by atoms with Gasteiger partial charge in [0.15, 0.2) is 11.6 Å². The van der Waals surface area contributed by atoms with Crippen LogP contribution in [0.25, 0.3) is 0 Å². The zero-order valence-electron chi connectivity index (χ0n) is 29.5. The Morgan fingerprint density at radius 1 is 1.06 bits per heavy atom. The normalized spacial score (nSPS) is 29.2. The Morgan fingerprint density at radius 2 is 1.81 bits per heavy atom. The van der Waals surface area contributed by atoms with Crippen molar-refractivity contribution in [3.8, 4) is 0 Å². The van der Waals surface area contributed by atoms with Gasteiger partial charge in [-0.25, -0.2) is 17.6 Å². The summed E-state index contributed by atoms with van der Waals surface area (Å²) in [6.45, 7) is 4.92. The summed E-state index contributed by atoms with van der Waals surface area (Å²) in [5, 5.41) is -0.673. The summed E-state index contributed by atoms with van der Waals surface area (Å²) in [5.41, 5.74) is -1.26. The maximum absolute atomic E-state index is 14.4. The Labute approximate surface area is 302 Å². The number of hydrogen-bond acceptors (Lipinski definition) is 10. The van der Waals surface area contributed by atoms with E-state index in [1.807, 2.05) is 0 Å². The molecule has 1 N–H and O–H groups in total. The zero-order valence-corrected chi connectivity index (χ0v) is 30.3. The standard InChI is InChI=1S/C37H44FN3O10S/c1-36(2,3)51-32(44)15-22-11-12-25(42)9-5-4-8-24-17-37(24,34(46)39-52(48,49)27-13-14-27)18-31(43)30-16-26(20-41(30)33(22)45)50-35(47)40-19-23-7-6-10-29(38)28(23)21-40/h4-10,22,24,26-27,30H,11-21H2,1-3H3,(H,39,46)/b8-4-,9-5+/t22-,24-,26-,30+,37-/m1/s1. The molecule has 52 heavy (non-hydrogen) atoms. The predicted molar refractivity (Wildman–Crippen MR) is 183 cm³/mol. The third kappa shape index (κ3) is 8.29. The first kappa shape index (κ1) is 37.4. The van der Waals surface area contributed by atoms with Crippen molar-refractivity contribution in [3.05, 3.63) is 59.4 Å². The fourth-order valence-corrected chi connectivity index (χ4v) is 8.69. The van der Waals surface area contributed by atoms with E-state index in [9.17, 15) is 41.6 Å². The molecule has 2 saturated carbocycles. The largest absolute Gasteiger partial charge is 0.460 e. The fourth-order valence-electron chi connectivity index (χ4n) is 7.30. The number of amides is 3. The number of carbonyl (C=O) groups excluding carboxylic acids is 6. The molecular weight excluding hydrogens is 697 g/mol. The van der Waals surface area contributed by atoms with Crippen molar-refractivity contribution in [1.82, 2.24) is 14.5 Å². The van der Waals surface area contributed by atoms with Crippen LogP contribution in [0.5, 0.6) is 0 Å². The SMILES string of the molecule is CC(C)(C)OC(=O)C[C@H]1CCC(=O)/C=C/C=C\[C@@H]2C[C@@]2(C(=O)NS(=O)(=O)C2CC2)CC(=O)[C@@H]2C[C@@H](OC(=O)N3Cc4cccc(F)c4C3)CN2C1=O. The van der Waals surface area contributed by atoms with Gasteiger partial charge in [0.05, 0.1) is 36.2 Å². The van der Waals surface area contributed by atoms with E-state index in [-0.39, 0.29) is 57.5 Å². The number of ether oxygens (including phenoxy) is 2. The lowest BCUT2D eigenvalue weighted by Gasteiger charge is -2.29. The van der Waals surface area contributed by atoms with Crippen LogP contribution in [0.3, 0.4) is 0 Å². The van der Waals surface area contributed by atoms with Crippen molar-refractivity contribution in [3.63, 3.8) is 0 Å². The van der Waals surface area contributed by atoms with Gasteiger partial charge in [0.25, 0.3) is 0 Å². The lowest BCUT2D eigenvalue weighted by atomic mass is 9.90. The predicted octanol–water partition coefficient (Wildman–Crippen LogP) is 3.64. The molecule has 6 rings (SSSR count). The molecule has 3 amide bonds. The fraction of sp³-hybridized carbons (Fsp3) is 0.568. The van der Waals surface area contributed by atoms with Crippen molar-refractivity contribution in [1.29, 1.82) is 0 Å². The van der Waals surface area contributed by atoms with Gasteiger partial charge in [0, 0.05) is 37.3 Å². The van der Waals surface area contributed by atoms with Crippen LogP contribution in [0.2, 0.25) is 0 Å². The van der Waals surface area contributed by atoms with Crippen molar-refractivity contribution >= 4 is 45.5 Å². The molecule has 13 nitrogen and oxygen atoms in total. The van der Waals surface area contributed by atoms with E-state index in [0.717, 1.165) is 0 Å². The minimum Gasteiger partial charge on any atom is -0.460 e. The number of sulfonamides is 1. The maximum Gasteiger partial charge on any atom is 0.410 e. The number of Topliss-reactive ketones (excluding diaryl/α,β-unsaturated/α-hetero) is 1. The Hall–Kier alpha value is -4.40. The van der Waals surface area contributed by atoms with Gasteiger partial charge in [-0.2, -0.15) is 0 Å². The summed E-state index contributed by atoms with van der Waals surface area (Å²) in [6, 6.07) is 3.38. The first-order valence-corrected chi connectivity index (χ1v) is 19.2. The molecule has 3 fully saturated rings. The molecule has 0 aromatic heterocycles. The van der Waals surface area contributed by atoms with Gasteiger partial charge in [0.2, 0.25) is 21.8 Å². The molecule has 0 bridgehead atoms. The molecule has 5 atom stereocenters. The number of carbonyl (C=O) groups is 6. The van der Waals surface area contributed by atoms with Crippen LogP contribution >= 0.6 is 0 Å². The minimum atomic E-state index is -3.94. The third-order valence-corrected chi connectivity index (χ3v) is 12.1. The van der Waals surface area contributed by atoms with Crippen LogP contribution in [0.4, 0.5) is 9.18 Å². The van der Waals surface area contributed by atoms with Crippen molar-refractivity contribution in [2.75, 3.05) is 6.54 Å². The van der Waals surface area contributed by atoms with Crippen LogP contribution < -0.4 is 4.72 Å². The Balaban J connectivity index is 1.27. The van der Waals surface area contributed by atoms with Crippen LogP contribution in [-0.2, 0) is 56.6 Å². The van der Waals surface area contributed by atoms with Crippen LogP contribution in [-0.4, -0.2) is 83.2 Å². The molecule has 280 valence electrons. The summed E-state index contributed by atoms with van der Waals surface area (Å²) in [7, 11) is -3.94. The summed E-state index contributed by atoms with van der Waals surface area (Å²) in [5.74, 6) is -4.99. The molecule has 3 heterocycles. The number of nitrogens with one attached hydrogen (secondary N) is 1. The average Bonchev–Trinajstić information content (AvgIpc) is 3.94. The van der Waals surface area contributed by atoms with Gasteiger partial charge in [-0.1, -0.05) is 30.4 Å². The lowest BCUT2D eigenvalue weighted by molar-refractivity contribution is -0.159. The van der Waals surface area contributed by atoms with Gasteiger partial charge < -0.3 is 14.4 Å². The second-order valence-corrected chi connectivity index (χ2v) is 17.5. The summed E-state index contributed by atoms with van der Waals surface area (Å²) in [4.78, 5) is 84.0. The van der Waals surface area contributed by atoms with E-state index in [0.29, 0.717) is 24.0 Å². The first-order chi connectivity index (χ1) is 24.5. The quantitative estimate of drug-likeness (QED) is 0.424. The van der Waals surface area contributed by atoms with E-state index in [4.69, 9.17) is 9.47 Å². The summed E-state index contributed by atoms with van der Waals surface area (Å²) < 4.78 is 53.4. The van der Waals surface area contributed by atoms with Gasteiger partial charge in [-0.15, -0.1) is 0 Å². The van der Waals surface area contributed by atoms with Crippen molar-refractivity contribution < 1.29 is 51.0 Å². The molecule has 0 unspecified atom stereocenters. The number of hydrogen-bond donors (Lipinski definition) is 1. The number of allylic oxidation sites excluding steroid dienone is 4. The van der Waals surface area contributed by atoms with Crippen molar-refractivity contribution in [2.45, 2.75) is 108 Å². The van der Waals surface area contributed by atoms with Crippen LogP contribution in [0, 0.1) is 23.1 Å². The molecule has 0 spiro atoms. The smallest absolute Gasteiger partial charge is 0.410 e. The molecule has 1 aromatic carbocycles. The summed E-state index contributed by atoms with van der Waals surface area (Å²) >= 11 is 0. The van der Waals surface area contributed by atoms with Gasteiger partial charge in [0.1, 0.15) is 17.5 Å². The molecule has 1 saturated heterocycles. The number of fused-ring (bicyclic) bond motifs is 3. The number of benzene rings is 1. The summed E-state index contributed by atoms with van der Waals surface area (Å²) in [6.07, 6.45) is 4.30. The number of halogens is 1. The molecule has 3 aliphatic heterocycles. The Bertz CT molecular complexity index is 1850. The lowest BCUT2D eigenvalue weighted by Crippen LogP contribution is -2.46. The van der Waals surface area contributed by atoms with Gasteiger partial charge in [-0.3, -0.25) is 33.6 Å². The highest BCUT2D eigenvalue weighted by atomic mass is 32.2. The van der Waals surface area contributed by atoms with Crippen molar-refractivity contribution in [2.24, 2.45) is 17.3 Å². The van der Waals surface area contributed by atoms with Crippen LogP contribution in [0.15, 0.2) is 42.5 Å². The second kappa shape index (κ2) is 14.2. The Kier molecular flexibility index (Phi) is 10.2. The molecular formula is C37H44FN3O10S. The van der Waals surface area contributed by atoms with E-state index >= 15 is 0 Å². The zero-order chi connectivity index (χ0) is 37.6. The van der Waals surface area contributed by atoms with Crippen LogP contribution in [0.1, 0.15) is 83.3 Å². The molecule has 5 aliphatic rings. The highest BCUT2D eigenvalue weighted by Gasteiger charge is 2.61. The number of nitrogens with zero attached hydrogens (tertiary/aromatic N) is 2. The third-order valence-electron chi connectivity index (χ3n) is 10.3. The first-order valence-electron chi connectivity index (χ1n) is 17.7. The monoisotopic (exact) mass is 741 g/mol. The van der Waals surface area contributed by atoms with E-state index in [2.05, 4.69) is 4.72 Å². The molecule has 15 heteroatoms. The Morgan fingerprint density at radius 3 is 2.50 bits per heavy atom. The van der Waals surface area contributed by atoms with E-state index in [1.165, 1.54) is 28.0 Å². The molecule has 1 aromatic rings. The van der Waals surface area contributed by atoms with E-state index in [1.54, 1.807) is 45.1 Å². The molecule has 0 radical (unpaired) electrons. The van der Waals surface area contributed by atoms with Gasteiger partial charge in [-0.05, 0) is 70.1 Å². The number of esters is 1. The number of ketones is 2. The average molecular weight is 742 g/mol. The highest BCUT2D eigenvalue weighted by Crippen LogP contribution is 2.57. The highest BCUT2D eigenvalue weighted by molar-refractivity contribution is 7.90. The second-order valence-electron chi connectivity index (χ2n) is 15.5. The number of rotatable bonds is 6. The van der Waals surface area contributed by atoms with Gasteiger partial charge >= 0.3 is 12.1 Å². The maximum atomic E-state index is 14.4. The minimum absolute atomic E-state index is 0.0185. The van der Waals surface area contributed by atoms with E-state index < -0.39 is 92.2 Å².